The topological polar surface area (TPSA) is 21.7 Å². The minimum Gasteiger partial charge on any atom is -0.489 e. The van der Waals surface area contributed by atoms with Crippen molar-refractivity contribution in [3.63, 3.8) is 0 Å². The van der Waals surface area contributed by atoms with E-state index < -0.39 is 0 Å². The van der Waals surface area contributed by atoms with Crippen LogP contribution in [0.15, 0.2) is 73.3 Å². The first kappa shape index (κ1) is 19.0. The Morgan fingerprint density at radius 2 is 1.80 bits per heavy atom. The van der Waals surface area contributed by atoms with E-state index in [1.165, 1.54) is 11.1 Å². The summed E-state index contributed by atoms with van der Waals surface area (Å²) in [6, 6.07) is 18.5. The van der Waals surface area contributed by atoms with Crippen LogP contribution in [0.1, 0.15) is 11.1 Å². The van der Waals surface area contributed by atoms with Crippen molar-refractivity contribution in [2.45, 2.75) is 6.54 Å². The standard InChI is InChI=1S/C22H27NO2/c1-3-17-25-22-14-8-7-13-21(22)19-23(16-18-24-2)15-9-12-20-10-5-4-6-11-20/h3-14H,1,15-19H2,2H3/b12-9+. The van der Waals surface area contributed by atoms with E-state index in [0.29, 0.717) is 13.2 Å². The first-order valence-corrected chi connectivity index (χ1v) is 8.58. The average molecular weight is 337 g/mol. The lowest BCUT2D eigenvalue weighted by Crippen LogP contribution is -2.27. The molecule has 0 aliphatic heterocycles. The van der Waals surface area contributed by atoms with E-state index in [4.69, 9.17) is 9.47 Å². The van der Waals surface area contributed by atoms with Gasteiger partial charge in [-0.3, -0.25) is 4.90 Å². The van der Waals surface area contributed by atoms with Crippen molar-refractivity contribution in [2.75, 3.05) is 33.4 Å². The molecule has 0 heterocycles. The van der Waals surface area contributed by atoms with Gasteiger partial charge in [-0.2, -0.15) is 0 Å². The minimum absolute atomic E-state index is 0.517. The molecule has 0 N–H and O–H groups in total. The molecule has 25 heavy (non-hydrogen) atoms. The molecule has 2 aromatic rings. The maximum atomic E-state index is 5.77. The van der Waals surface area contributed by atoms with Crippen LogP contribution in [0.3, 0.4) is 0 Å². The van der Waals surface area contributed by atoms with Crippen LogP contribution < -0.4 is 4.74 Å². The van der Waals surface area contributed by atoms with Crippen molar-refractivity contribution in [1.82, 2.24) is 4.90 Å². The number of rotatable bonds is 11. The number of benzene rings is 2. The van der Waals surface area contributed by atoms with Crippen LogP contribution in [-0.2, 0) is 11.3 Å². The molecule has 0 aliphatic rings. The Morgan fingerprint density at radius 1 is 1.04 bits per heavy atom. The summed E-state index contributed by atoms with van der Waals surface area (Å²) < 4.78 is 11.0. The van der Waals surface area contributed by atoms with Gasteiger partial charge in [-0.15, -0.1) is 0 Å². The van der Waals surface area contributed by atoms with Gasteiger partial charge in [0.05, 0.1) is 6.61 Å². The second-order valence-electron chi connectivity index (χ2n) is 5.75. The molecule has 0 unspecified atom stereocenters. The number of methoxy groups -OCH3 is 1. The first-order chi connectivity index (χ1) is 12.3. The summed E-state index contributed by atoms with van der Waals surface area (Å²) in [5.74, 6) is 0.914. The summed E-state index contributed by atoms with van der Waals surface area (Å²) in [5.41, 5.74) is 2.39. The third kappa shape index (κ3) is 6.96. The van der Waals surface area contributed by atoms with E-state index in [2.05, 4.69) is 54.0 Å². The van der Waals surface area contributed by atoms with E-state index in [9.17, 15) is 0 Å². The predicted octanol–water partition coefficient (Wildman–Crippen LogP) is 4.41. The van der Waals surface area contributed by atoms with Crippen molar-refractivity contribution in [3.8, 4) is 5.75 Å². The van der Waals surface area contributed by atoms with E-state index in [-0.39, 0.29) is 0 Å². The van der Waals surface area contributed by atoms with Gasteiger partial charge in [-0.25, -0.2) is 0 Å². The van der Waals surface area contributed by atoms with Gasteiger partial charge in [0.1, 0.15) is 12.4 Å². The molecule has 3 nitrogen and oxygen atoms in total. The molecule has 132 valence electrons. The van der Waals surface area contributed by atoms with Crippen molar-refractivity contribution >= 4 is 6.08 Å². The molecule has 2 rings (SSSR count). The molecule has 0 atom stereocenters. The molecule has 0 saturated carbocycles. The Hall–Kier alpha value is -2.36. The summed E-state index contributed by atoms with van der Waals surface area (Å²) in [7, 11) is 1.74. The van der Waals surface area contributed by atoms with Gasteiger partial charge < -0.3 is 9.47 Å². The Labute approximate surface area is 151 Å². The monoisotopic (exact) mass is 337 g/mol. The molecule has 0 aromatic heterocycles. The van der Waals surface area contributed by atoms with E-state index in [0.717, 1.165) is 25.4 Å². The summed E-state index contributed by atoms with van der Waals surface area (Å²) in [5, 5.41) is 0. The molecule has 0 amide bonds. The Bertz CT molecular complexity index is 652. The molecular weight excluding hydrogens is 310 g/mol. The quantitative estimate of drug-likeness (QED) is 0.567. The number of hydrogen-bond acceptors (Lipinski definition) is 3. The molecule has 3 heteroatoms. The van der Waals surface area contributed by atoms with Gasteiger partial charge in [0, 0.05) is 32.3 Å². The highest BCUT2D eigenvalue weighted by atomic mass is 16.5. The predicted molar refractivity (Wildman–Crippen MR) is 105 cm³/mol. The van der Waals surface area contributed by atoms with Crippen molar-refractivity contribution in [2.24, 2.45) is 0 Å². The van der Waals surface area contributed by atoms with Gasteiger partial charge in [0.2, 0.25) is 0 Å². The Balaban J connectivity index is 2.02. The van der Waals surface area contributed by atoms with Crippen LogP contribution in [-0.4, -0.2) is 38.3 Å². The van der Waals surface area contributed by atoms with Gasteiger partial charge >= 0.3 is 0 Å². The highest BCUT2D eigenvalue weighted by molar-refractivity contribution is 5.48. The largest absolute Gasteiger partial charge is 0.489 e. The molecular formula is C22H27NO2. The lowest BCUT2D eigenvalue weighted by atomic mass is 10.1. The third-order valence-electron chi connectivity index (χ3n) is 3.81. The van der Waals surface area contributed by atoms with Crippen LogP contribution in [0.4, 0.5) is 0 Å². The maximum absolute atomic E-state index is 5.77. The lowest BCUT2D eigenvalue weighted by molar-refractivity contribution is 0.150. The van der Waals surface area contributed by atoms with Gasteiger partial charge in [0.15, 0.2) is 0 Å². The van der Waals surface area contributed by atoms with Gasteiger partial charge in [-0.05, 0) is 11.6 Å². The fourth-order valence-corrected chi connectivity index (χ4v) is 2.52. The first-order valence-electron chi connectivity index (χ1n) is 8.58. The zero-order chi connectivity index (χ0) is 17.7. The van der Waals surface area contributed by atoms with Crippen molar-refractivity contribution in [3.05, 3.63) is 84.5 Å². The summed E-state index contributed by atoms with van der Waals surface area (Å²) >= 11 is 0. The molecule has 0 radical (unpaired) electrons. The second kappa shape index (κ2) is 11.2. The Morgan fingerprint density at radius 3 is 2.56 bits per heavy atom. The zero-order valence-corrected chi connectivity index (χ0v) is 14.9. The smallest absolute Gasteiger partial charge is 0.124 e. The summed E-state index contributed by atoms with van der Waals surface area (Å²) in [6.45, 7) is 7.47. The number of para-hydroxylation sites is 1. The maximum Gasteiger partial charge on any atom is 0.124 e. The summed E-state index contributed by atoms with van der Waals surface area (Å²) in [4.78, 5) is 2.35. The van der Waals surface area contributed by atoms with Crippen LogP contribution in [0.25, 0.3) is 6.08 Å². The van der Waals surface area contributed by atoms with Crippen molar-refractivity contribution < 1.29 is 9.47 Å². The molecule has 0 saturated heterocycles. The average Bonchev–Trinajstić information content (AvgIpc) is 2.66. The van der Waals surface area contributed by atoms with Crippen LogP contribution in [0.5, 0.6) is 5.75 Å². The molecule has 0 bridgehead atoms. The van der Waals surface area contributed by atoms with Crippen LogP contribution in [0.2, 0.25) is 0 Å². The van der Waals surface area contributed by atoms with Gasteiger partial charge in [-0.1, -0.05) is 73.3 Å². The number of ether oxygens (including phenoxy) is 2. The van der Waals surface area contributed by atoms with E-state index in [1.54, 1.807) is 13.2 Å². The lowest BCUT2D eigenvalue weighted by Gasteiger charge is -2.22. The highest BCUT2D eigenvalue weighted by Gasteiger charge is 2.08. The SMILES string of the molecule is C=CCOc1ccccc1CN(C/C=C/c1ccccc1)CCOC. The second-order valence-corrected chi connectivity index (χ2v) is 5.75. The molecule has 0 aliphatic carbocycles. The number of hydrogen-bond donors (Lipinski definition) is 0. The molecule has 0 spiro atoms. The number of nitrogens with zero attached hydrogens (tertiary/aromatic N) is 1. The summed E-state index contributed by atoms with van der Waals surface area (Å²) in [6.07, 6.45) is 6.11. The fraction of sp³-hybridized carbons (Fsp3) is 0.273. The van der Waals surface area contributed by atoms with E-state index >= 15 is 0 Å². The third-order valence-corrected chi connectivity index (χ3v) is 3.81. The Kier molecular flexibility index (Phi) is 8.53. The molecule has 2 aromatic carbocycles. The van der Waals surface area contributed by atoms with E-state index in [1.807, 2.05) is 24.3 Å². The molecule has 0 fully saturated rings. The van der Waals surface area contributed by atoms with Crippen molar-refractivity contribution in [1.29, 1.82) is 0 Å². The zero-order valence-electron chi connectivity index (χ0n) is 14.9. The minimum atomic E-state index is 0.517. The van der Waals surface area contributed by atoms with Gasteiger partial charge in [0.25, 0.3) is 0 Å². The fourth-order valence-electron chi connectivity index (χ4n) is 2.52. The van der Waals surface area contributed by atoms with Crippen LogP contribution >= 0.6 is 0 Å². The normalized spacial score (nSPS) is 11.1. The van der Waals surface area contributed by atoms with Crippen LogP contribution in [0, 0.1) is 0 Å². The highest BCUT2D eigenvalue weighted by Crippen LogP contribution is 2.20.